The summed E-state index contributed by atoms with van der Waals surface area (Å²) in [5.41, 5.74) is 6.15. The zero-order valence-corrected chi connectivity index (χ0v) is 10.8. The molecule has 0 aliphatic carbocycles. The van der Waals surface area contributed by atoms with Gasteiger partial charge >= 0.3 is 0 Å². The van der Waals surface area contributed by atoms with Gasteiger partial charge in [-0.2, -0.15) is 0 Å². The molecule has 0 spiro atoms. The van der Waals surface area contributed by atoms with Crippen molar-refractivity contribution in [1.29, 1.82) is 0 Å². The molecule has 0 bridgehead atoms. The molecule has 2 rings (SSSR count). The van der Waals surface area contributed by atoms with Crippen LogP contribution in [0.5, 0.6) is 0 Å². The van der Waals surface area contributed by atoms with Crippen molar-refractivity contribution in [3.63, 3.8) is 0 Å². The molecule has 0 aliphatic heterocycles. The van der Waals surface area contributed by atoms with E-state index in [1.807, 2.05) is 24.0 Å². The van der Waals surface area contributed by atoms with E-state index in [9.17, 15) is 0 Å². The van der Waals surface area contributed by atoms with Crippen LogP contribution in [0, 0.1) is 0 Å². The highest BCUT2D eigenvalue weighted by Crippen LogP contribution is 2.15. The van der Waals surface area contributed by atoms with Crippen LogP contribution in [0.1, 0.15) is 29.9 Å². The van der Waals surface area contributed by atoms with Crippen LogP contribution in [-0.2, 0) is 19.9 Å². The molecule has 5 heteroatoms. The maximum atomic E-state index is 5.62. The third-order valence-corrected chi connectivity index (χ3v) is 3.12. The van der Waals surface area contributed by atoms with E-state index in [0.29, 0.717) is 0 Å². The average Bonchev–Trinajstić information content (AvgIpc) is 2.83. The maximum absolute atomic E-state index is 5.62. The zero-order chi connectivity index (χ0) is 13.0. The topological polar surface area (TPSA) is 68.8 Å². The Morgan fingerprint density at radius 2 is 2.22 bits per heavy atom. The molecule has 1 unspecified atom stereocenters. The van der Waals surface area contributed by atoms with E-state index in [4.69, 9.17) is 5.84 Å². The summed E-state index contributed by atoms with van der Waals surface area (Å²) in [6.45, 7) is 2.12. The Morgan fingerprint density at radius 3 is 2.72 bits per heavy atom. The molecule has 0 aromatic carbocycles. The average molecular weight is 245 g/mol. The molecular weight excluding hydrogens is 226 g/mol. The first-order chi connectivity index (χ1) is 8.74. The second-order valence-corrected chi connectivity index (χ2v) is 4.36. The molecule has 0 aliphatic rings. The van der Waals surface area contributed by atoms with Crippen molar-refractivity contribution in [1.82, 2.24) is 20.0 Å². The molecule has 96 valence electrons. The predicted molar refractivity (Wildman–Crippen MR) is 70.6 cm³/mol. The minimum absolute atomic E-state index is 0.0254. The first kappa shape index (κ1) is 12.7. The van der Waals surface area contributed by atoms with Gasteiger partial charge in [0.15, 0.2) is 0 Å². The number of nitrogens with zero attached hydrogens (tertiary/aromatic N) is 3. The van der Waals surface area contributed by atoms with Crippen LogP contribution in [0.2, 0.25) is 0 Å². The summed E-state index contributed by atoms with van der Waals surface area (Å²) in [5.74, 6) is 5.62. The molecule has 0 fully saturated rings. The Bertz CT molecular complexity index is 488. The molecule has 18 heavy (non-hydrogen) atoms. The minimum Gasteiger partial charge on any atom is -0.336 e. The van der Waals surface area contributed by atoms with Crippen LogP contribution in [0.4, 0.5) is 0 Å². The number of aromatic nitrogens is 3. The summed E-state index contributed by atoms with van der Waals surface area (Å²) >= 11 is 0. The summed E-state index contributed by atoms with van der Waals surface area (Å²) in [6.07, 6.45) is 7.28. The van der Waals surface area contributed by atoms with Gasteiger partial charge in [0.2, 0.25) is 0 Å². The molecule has 0 saturated heterocycles. The molecule has 0 radical (unpaired) electrons. The van der Waals surface area contributed by atoms with Crippen LogP contribution >= 0.6 is 0 Å². The first-order valence-corrected chi connectivity index (χ1v) is 6.10. The van der Waals surface area contributed by atoms with Gasteiger partial charge in [-0.3, -0.25) is 16.3 Å². The standard InChI is InChI=1S/C13H19N5/c1-3-10-4-5-11(16-7-10)6-12(17-14)13-8-15-9-18(13)2/h4-5,7-9,12,17H,3,6,14H2,1-2H3. The summed E-state index contributed by atoms with van der Waals surface area (Å²) in [4.78, 5) is 8.56. The van der Waals surface area contributed by atoms with Crippen molar-refractivity contribution < 1.29 is 0 Å². The summed E-state index contributed by atoms with van der Waals surface area (Å²) in [6, 6.07) is 4.19. The van der Waals surface area contributed by atoms with Crippen molar-refractivity contribution in [2.24, 2.45) is 12.9 Å². The number of aryl methyl sites for hydroxylation is 2. The molecule has 2 heterocycles. The van der Waals surface area contributed by atoms with Crippen LogP contribution in [0.15, 0.2) is 30.9 Å². The van der Waals surface area contributed by atoms with Gasteiger partial charge in [-0.15, -0.1) is 0 Å². The van der Waals surface area contributed by atoms with Gasteiger partial charge in [0.05, 0.1) is 18.1 Å². The van der Waals surface area contributed by atoms with Gasteiger partial charge in [-0.1, -0.05) is 13.0 Å². The lowest BCUT2D eigenvalue weighted by molar-refractivity contribution is 0.516. The summed E-state index contributed by atoms with van der Waals surface area (Å²) < 4.78 is 1.96. The second kappa shape index (κ2) is 5.75. The lowest BCUT2D eigenvalue weighted by Crippen LogP contribution is -2.31. The molecule has 0 saturated carbocycles. The largest absolute Gasteiger partial charge is 0.336 e. The fraction of sp³-hybridized carbons (Fsp3) is 0.385. The monoisotopic (exact) mass is 245 g/mol. The molecular formula is C13H19N5. The predicted octanol–water partition coefficient (Wildman–Crippen LogP) is 1.12. The van der Waals surface area contributed by atoms with E-state index in [-0.39, 0.29) is 6.04 Å². The fourth-order valence-corrected chi connectivity index (χ4v) is 1.95. The van der Waals surface area contributed by atoms with Gasteiger partial charge in [-0.05, 0) is 18.1 Å². The van der Waals surface area contributed by atoms with E-state index in [0.717, 1.165) is 24.2 Å². The van der Waals surface area contributed by atoms with Gasteiger partial charge in [-0.25, -0.2) is 4.98 Å². The smallest absolute Gasteiger partial charge is 0.0946 e. The normalized spacial score (nSPS) is 12.6. The second-order valence-electron chi connectivity index (χ2n) is 4.36. The van der Waals surface area contributed by atoms with Gasteiger partial charge in [0, 0.05) is 31.6 Å². The number of pyridine rings is 1. The molecule has 2 aromatic rings. The number of imidazole rings is 1. The Hall–Kier alpha value is -1.72. The summed E-state index contributed by atoms with van der Waals surface area (Å²) in [5, 5.41) is 0. The molecule has 5 nitrogen and oxygen atoms in total. The lowest BCUT2D eigenvalue weighted by Gasteiger charge is -2.16. The van der Waals surface area contributed by atoms with E-state index in [1.165, 1.54) is 5.56 Å². The number of rotatable bonds is 5. The van der Waals surface area contributed by atoms with E-state index >= 15 is 0 Å². The van der Waals surface area contributed by atoms with E-state index in [1.54, 1.807) is 6.33 Å². The van der Waals surface area contributed by atoms with Gasteiger partial charge in [0.25, 0.3) is 0 Å². The SMILES string of the molecule is CCc1ccc(CC(NN)c2cncn2C)nc1. The molecule has 3 N–H and O–H groups in total. The quantitative estimate of drug-likeness (QED) is 0.612. The molecule has 0 amide bonds. The first-order valence-electron chi connectivity index (χ1n) is 6.10. The van der Waals surface area contributed by atoms with Gasteiger partial charge < -0.3 is 4.57 Å². The van der Waals surface area contributed by atoms with Crippen molar-refractivity contribution >= 4 is 0 Å². The Kier molecular flexibility index (Phi) is 4.07. The van der Waals surface area contributed by atoms with Gasteiger partial charge in [0.1, 0.15) is 0 Å². The van der Waals surface area contributed by atoms with E-state index in [2.05, 4.69) is 34.5 Å². The lowest BCUT2D eigenvalue weighted by atomic mass is 10.1. The van der Waals surface area contributed by atoms with Crippen molar-refractivity contribution in [2.45, 2.75) is 25.8 Å². The van der Waals surface area contributed by atoms with Crippen molar-refractivity contribution in [2.75, 3.05) is 0 Å². The van der Waals surface area contributed by atoms with Crippen LogP contribution < -0.4 is 11.3 Å². The Labute approximate surface area is 107 Å². The molecule has 2 aromatic heterocycles. The summed E-state index contributed by atoms with van der Waals surface area (Å²) in [7, 11) is 1.96. The third kappa shape index (κ3) is 2.75. The maximum Gasteiger partial charge on any atom is 0.0946 e. The zero-order valence-electron chi connectivity index (χ0n) is 10.8. The van der Waals surface area contributed by atoms with Crippen molar-refractivity contribution in [3.05, 3.63) is 47.8 Å². The number of hydrogen-bond acceptors (Lipinski definition) is 4. The van der Waals surface area contributed by atoms with Crippen molar-refractivity contribution in [3.8, 4) is 0 Å². The number of hydrazine groups is 1. The fourth-order valence-electron chi connectivity index (χ4n) is 1.95. The minimum atomic E-state index is 0.0254. The third-order valence-electron chi connectivity index (χ3n) is 3.12. The highest BCUT2D eigenvalue weighted by atomic mass is 15.2. The number of hydrogen-bond donors (Lipinski definition) is 2. The highest BCUT2D eigenvalue weighted by Gasteiger charge is 2.14. The van der Waals surface area contributed by atoms with Crippen LogP contribution in [0.3, 0.4) is 0 Å². The van der Waals surface area contributed by atoms with Crippen LogP contribution in [-0.4, -0.2) is 14.5 Å². The Morgan fingerprint density at radius 1 is 1.39 bits per heavy atom. The molecule has 1 atom stereocenters. The highest BCUT2D eigenvalue weighted by molar-refractivity contribution is 5.16. The van der Waals surface area contributed by atoms with Crippen LogP contribution in [0.25, 0.3) is 0 Å². The number of nitrogens with one attached hydrogen (secondary N) is 1. The number of nitrogens with two attached hydrogens (primary N) is 1. The van der Waals surface area contributed by atoms with E-state index < -0.39 is 0 Å². The Balaban J connectivity index is 2.13.